The number of hydrogen-bond donors (Lipinski definition) is 0. The summed E-state index contributed by atoms with van der Waals surface area (Å²) in [5.74, 6) is 1.04. The molecular weight excluding hydrogens is 224 g/mol. The molecule has 0 radical (unpaired) electrons. The maximum atomic E-state index is 6.53. The topological polar surface area (TPSA) is 9.23 Å². The number of benzene rings is 1. The summed E-state index contributed by atoms with van der Waals surface area (Å²) in [5, 5.41) is 0. The molecule has 1 nitrogen and oxygen atoms in total. The van der Waals surface area contributed by atoms with Gasteiger partial charge in [0.1, 0.15) is 5.75 Å². The van der Waals surface area contributed by atoms with E-state index in [0.29, 0.717) is 16.6 Å². The van der Waals surface area contributed by atoms with Crippen LogP contribution in [-0.2, 0) is 0 Å². The van der Waals surface area contributed by atoms with E-state index < -0.39 is 8.32 Å². The first-order valence-electron chi connectivity index (χ1n) is 6.65. The van der Waals surface area contributed by atoms with Crippen LogP contribution in [0.1, 0.15) is 41.5 Å². The molecule has 0 spiro atoms. The molecule has 17 heavy (non-hydrogen) atoms. The van der Waals surface area contributed by atoms with Crippen molar-refractivity contribution in [3.05, 3.63) is 30.3 Å². The summed E-state index contributed by atoms with van der Waals surface area (Å²) < 4.78 is 6.53. The van der Waals surface area contributed by atoms with Gasteiger partial charge in [-0.1, -0.05) is 59.7 Å². The van der Waals surface area contributed by atoms with Gasteiger partial charge in [0.2, 0.25) is 0 Å². The van der Waals surface area contributed by atoms with Crippen molar-refractivity contribution in [1.29, 1.82) is 0 Å². The highest BCUT2D eigenvalue weighted by atomic mass is 28.4. The highest BCUT2D eigenvalue weighted by molar-refractivity contribution is 6.78. The zero-order chi connectivity index (χ0) is 13.1. The van der Waals surface area contributed by atoms with Gasteiger partial charge in [-0.2, -0.15) is 0 Å². The van der Waals surface area contributed by atoms with Crippen LogP contribution >= 0.6 is 0 Å². The van der Waals surface area contributed by atoms with Crippen molar-refractivity contribution in [3.63, 3.8) is 0 Å². The first-order valence-corrected chi connectivity index (χ1v) is 8.79. The lowest BCUT2D eigenvalue weighted by Gasteiger charge is -2.42. The molecule has 1 aromatic carbocycles. The molecule has 0 aromatic heterocycles. The summed E-state index contributed by atoms with van der Waals surface area (Å²) in [6, 6.07) is 10.3. The van der Waals surface area contributed by atoms with Crippen molar-refractivity contribution >= 4 is 8.32 Å². The van der Waals surface area contributed by atoms with Crippen LogP contribution in [0.25, 0.3) is 0 Å². The fraction of sp³-hybridized carbons (Fsp3) is 0.600. The van der Waals surface area contributed by atoms with Gasteiger partial charge in [-0.25, -0.2) is 0 Å². The monoisotopic (exact) mass is 250 g/mol. The lowest BCUT2D eigenvalue weighted by molar-refractivity contribution is 0.480. The van der Waals surface area contributed by atoms with E-state index >= 15 is 0 Å². The van der Waals surface area contributed by atoms with Crippen molar-refractivity contribution in [1.82, 2.24) is 0 Å². The maximum absolute atomic E-state index is 6.53. The van der Waals surface area contributed by atoms with Crippen molar-refractivity contribution < 1.29 is 4.43 Å². The van der Waals surface area contributed by atoms with Gasteiger partial charge in [0.05, 0.1) is 0 Å². The number of hydrogen-bond acceptors (Lipinski definition) is 1. The fourth-order valence-corrected chi connectivity index (χ4v) is 8.30. The van der Waals surface area contributed by atoms with E-state index in [9.17, 15) is 0 Å². The van der Waals surface area contributed by atoms with Crippen molar-refractivity contribution in [2.24, 2.45) is 0 Å². The third kappa shape index (κ3) is 2.92. The second-order valence-corrected chi connectivity index (χ2v) is 11.1. The maximum Gasteiger partial charge on any atom is 0.258 e. The van der Waals surface area contributed by atoms with Gasteiger partial charge in [0, 0.05) is 0 Å². The number of rotatable bonds is 5. The average molecular weight is 250 g/mol. The molecule has 0 aliphatic heterocycles. The first-order chi connectivity index (χ1) is 7.91. The Morgan fingerprint density at radius 1 is 0.765 bits per heavy atom. The smallest absolute Gasteiger partial charge is 0.258 e. The molecule has 0 saturated heterocycles. The molecule has 0 saturated carbocycles. The van der Waals surface area contributed by atoms with Gasteiger partial charge < -0.3 is 4.43 Å². The van der Waals surface area contributed by atoms with Crippen molar-refractivity contribution in [3.8, 4) is 5.75 Å². The SMILES string of the molecule is CC(C)[Si](Oc1ccccc1)(C(C)C)C(C)C. The van der Waals surface area contributed by atoms with Crippen molar-refractivity contribution in [2.45, 2.75) is 58.2 Å². The summed E-state index contributed by atoms with van der Waals surface area (Å²) in [5.41, 5.74) is 1.88. The third-order valence-corrected chi connectivity index (χ3v) is 9.75. The van der Waals surface area contributed by atoms with Gasteiger partial charge in [0.25, 0.3) is 8.32 Å². The Bertz CT molecular complexity index is 308. The normalized spacial score (nSPS) is 12.5. The second kappa shape index (κ2) is 5.72. The molecule has 2 heteroatoms. The molecule has 96 valence electrons. The Balaban J connectivity index is 3.07. The summed E-state index contributed by atoms with van der Waals surface area (Å²) >= 11 is 0. The van der Waals surface area contributed by atoms with Gasteiger partial charge in [-0.3, -0.25) is 0 Å². The van der Waals surface area contributed by atoms with E-state index in [0.717, 1.165) is 5.75 Å². The Labute approximate surface area is 107 Å². The molecule has 0 aliphatic carbocycles. The van der Waals surface area contributed by atoms with Crippen LogP contribution < -0.4 is 4.43 Å². The Kier molecular flexibility index (Phi) is 4.81. The fourth-order valence-electron chi connectivity index (χ4n) is 3.05. The summed E-state index contributed by atoms with van der Waals surface area (Å²) in [6.07, 6.45) is 0. The first kappa shape index (κ1) is 14.3. The molecule has 0 aliphatic rings. The second-order valence-electron chi connectivity index (χ2n) is 5.73. The quantitative estimate of drug-likeness (QED) is 0.649. The Hall–Kier alpha value is -0.763. The van der Waals surface area contributed by atoms with Crippen LogP contribution in [0.2, 0.25) is 16.6 Å². The molecule has 0 N–H and O–H groups in total. The van der Waals surface area contributed by atoms with Crippen LogP contribution in [0.15, 0.2) is 30.3 Å². The molecule has 0 atom stereocenters. The van der Waals surface area contributed by atoms with E-state index in [1.54, 1.807) is 0 Å². The molecule has 1 rings (SSSR count). The molecule has 0 heterocycles. The largest absolute Gasteiger partial charge is 0.543 e. The van der Waals surface area contributed by atoms with Crippen LogP contribution in [0.4, 0.5) is 0 Å². The van der Waals surface area contributed by atoms with Gasteiger partial charge in [-0.15, -0.1) is 0 Å². The minimum absolute atomic E-state index is 0.628. The predicted octanol–water partition coefficient (Wildman–Crippen LogP) is 5.24. The highest BCUT2D eigenvalue weighted by Crippen LogP contribution is 2.42. The highest BCUT2D eigenvalue weighted by Gasteiger charge is 2.46. The summed E-state index contributed by atoms with van der Waals surface area (Å²) in [6.45, 7) is 13.9. The lowest BCUT2D eigenvalue weighted by atomic mass is 10.3. The third-order valence-electron chi connectivity index (χ3n) is 3.74. The molecule has 0 unspecified atom stereocenters. The minimum atomic E-state index is -1.77. The minimum Gasteiger partial charge on any atom is -0.543 e. The molecule has 0 fully saturated rings. The lowest BCUT2D eigenvalue weighted by Crippen LogP contribution is -2.50. The van der Waals surface area contributed by atoms with E-state index in [2.05, 4.69) is 65.8 Å². The molecule has 0 amide bonds. The van der Waals surface area contributed by atoms with E-state index in [1.165, 1.54) is 0 Å². The van der Waals surface area contributed by atoms with Gasteiger partial charge >= 0.3 is 0 Å². The van der Waals surface area contributed by atoms with E-state index in [4.69, 9.17) is 4.43 Å². The van der Waals surface area contributed by atoms with Crippen LogP contribution in [0, 0.1) is 0 Å². The van der Waals surface area contributed by atoms with E-state index in [-0.39, 0.29) is 0 Å². The zero-order valence-electron chi connectivity index (χ0n) is 12.0. The molecular formula is C15H26OSi. The van der Waals surface area contributed by atoms with Crippen LogP contribution in [-0.4, -0.2) is 8.32 Å². The number of para-hydroxylation sites is 1. The summed E-state index contributed by atoms with van der Waals surface area (Å²) in [4.78, 5) is 0. The molecule has 1 aromatic rings. The van der Waals surface area contributed by atoms with Gasteiger partial charge in [-0.05, 0) is 28.8 Å². The standard InChI is InChI=1S/C15H26OSi/c1-12(2)17(13(3)4,14(5)6)16-15-10-8-7-9-11-15/h7-14H,1-6H3. The summed E-state index contributed by atoms with van der Waals surface area (Å²) in [7, 11) is -1.77. The Morgan fingerprint density at radius 3 is 1.53 bits per heavy atom. The van der Waals surface area contributed by atoms with Crippen molar-refractivity contribution in [2.75, 3.05) is 0 Å². The Morgan fingerprint density at radius 2 is 1.18 bits per heavy atom. The predicted molar refractivity (Wildman–Crippen MR) is 78.1 cm³/mol. The zero-order valence-corrected chi connectivity index (χ0v) is 13.0. The van der Waals surface area contributed by atoms with E-state index in [1.807, 2.05) is 6.07 Å². The van der Waals surface area contributed by atoms with Crippen LogP contribution in [0.5, 0.6) is 5.75 Å². The molecule has 0 bridgehead atoms. The average Bonchev–Trinajstić information content (AvgIpc) is 2.25. The van der Waals surface area contributed by atoms with Gasteiger partial charge in [0.15, 0.2) is 0 Å². The van der Waals surface area contributed by atoms with Crippen LogP contribution in [0.3, 0.4) is 0 Å².